The molecule has 0 bridgehead atoms. The molecular weight excluding hydrogens is 273 g/mol. The van der Waals surface area contributed by atoms with Crippen LogP contribution in [0.2, 0.25) is 0 Å². The second-order valence-corrected chi connectivity index (χ2v) is 5.27. The highest BCUT2D eigenvalue weighted by atomic mass is 19.1. The Kier molecular flexibility index (Phi) is 5.50. The van der Waals surface area contributed by atoms with Gasteiger partial charge in [-0.2, -0.15) is 0 Å². The maximum absolute atomic E-state index is 14.3. The minimum atomic E-state index is -0.588. The predicted octanol–water partition coefficient (Wildman–Crippen LogP) is 2.29. The monoisotopic (exact) mass is 295 g/mol. The quantitative estimate of drug-likeness (QED) is 0.875. The van der Waals surface area contributed by atoms with E-state index in [4.69, 9.17) is 4.74 Å². The fraction of sp³-hybridized carbons (Fsp3) is 0.600. The number of hydrogen-bond donors (Lipinski definition) is 1. The van der Waals surface area contributed by atoms with Crippen LogP contribution in [0.1, 0.15) is 36.5 Å². The molecule has 116 valence electrons. The average Bonchev–Trinajstić information content (AvgIpc) is 2.98. The molecule has 1 aromatic heterocycles. The van der Waals surface area contributed by atoms with Crippen molar-refractivity contribution >= 4 is 11.7 Å². The zero-order valence-electron chi connectivity index (χ0n) is 12.6. The van der Waals surface area contributed by atoms with Crippen LogP contribution in [-0.4, -0.2) is 48.6 Å². The van der Waals surface area contributed by atoms with Crippen LogP contribution in [0.5, 0.6) is 0 Å². The van der Waals surface area contributed by atoms with Crippen molar-refractivity contribution in [3.05, 3.63) is 23.6 Å². The first-order valence-electron chi connectivity index (χ1n) is 7.39. The van der Waals surface area contributed by atoms with Crippen molar-refractivity contribution in [3.63, 3.8) is 0 Å². The molecule has 0 radical (unpaired) electrons. The number of rotatable bonds is 6. The fourth-order valence-corrected chi connectivity index (χ4v) is 2.36. The molecule has 2 heterocycles. The van der Waals surface area contributed by atoms with E-state index in [1.54, 1.807) is 7.05 Å². The third kappa shape index (κ3) is 3.91. The average molecular weight is 295 g/mol. The van der Waals surface area contributed by atoms with Gasteiger partial charge in [0.05, 0.1) is 11.7 Å². The van der Waals surface area contributed by atoms with Gasteiger partial charge < -0.3 is 15.0 Å². The molecule has 1 aromatic rings. The number of carbonyl (C=O) groups is 1. The Balaban J connectivity index is 2.06. The summed E-state index contributed by atoms with van der Waals surface area (Å²) >= 11 is 0. The van der Waals surface area contributed by atoms with Gasteiger partial charge in [0.25, 0.3) is 5.91 Å². The fourth-order valence-electron chi connectivity index (χ4n) is 2.36. The zero-order valence-corrected chi connectivity index (χ0v) is 12.6. The molecule has 0 spiro atoms. The molecule has 1 fully saturated rings. The van der Waals surface area contributed by atoms with Gasteiger partial charge in [0.15, 0.2) is 11.6 Å². The normalized spacial score (nSPS) is 17.8. The SMILES string of the molecule is CCCNc1nccc(C(=O)N(C)CC2CCCO2)c1F. The first kappa shape index (κ1) is 15.7. The van der Waals surface area contributed by atoms with Gasteiger partial charge >= 0.3 is 0 Å². The minimum absolute atomic E-state index is 0.0455. The molecular formula is C15H22FN3O2. The van der Waals surface area contributed by atoms with Crippen LogP contribution >= 0.6 is 0 Å². The van der Waals surface area contributed by atoms with Gasteiger partial charge in [0.2, 0.25) is 0 Å². The maximum Gasteiger partial charge on any atom is 0.256 e. The van der Waals surface area contributed by atoms with E-state index in [-0.39, 0.29) is 23.4 Å². The number of pyridine rings is 1. The lowest BCUT2D eigenvalue weighted by Gasteiger charge is -2.21. The molecule has 1 unspecified atom stereocenters. The van der Waals surface area contributed by atoms with E-state index in [1.165, 1.54) is 17.2 Å². The molecule has 1 N–H and O–H groups in total. The number of anilines is 1. The number of aromatic nitrogens is 1. The van der Waals surface area contributed by atoms with Crippen LogP contribution in [0.25, 0.3) is 0 Å². The summed E-state index contributed by atoms with van der Waals surface area (Å²) in [5.41, 5.74) is 0.0455. The number of nitrogens with zero attached hydrogens (tertiary/aromatic N) is 2. The van der Waals surface area contributed by atoms with E-state index >= 15 is 0 Å². The van der Waals surface area contributed by atoms with Crippen molar-refractivity contribution in [1.82, 2.24) is 9.88 Å². The molecule has 1 saturated heterocycles. The summed E-state index contributed by atoms with van der Waals surface area (Å²) < 4.78 is 19.8. The number of likely N-dealkylation sites (N-methyl/N-ethyl adjacent to an activating group) is 1. The molecule has 2 rings (SSSR count). The Morgan fingerprint density at radius 1 is 1.62 bits per heavy atom. The number of ether oxygens (including phenoxy) is 1. The molecule has 1 amide bonds. The Bertz CT molecular complexity index is 490. The summed E-state index contributed by atoms with van der Waals surface area (Å²) in [6, 6.07) is 1.42. The van der Waals surface area contributed by atoms with Gasteiger partial charge in [-0.15, -0.1) is 0 Å². The van der Waals surface area contributed by atoms with Gasteiger partial charge in [0.1, 0.15) is 0 Å². The Hall–Kier alpha value is -1.69. The lowest BCUT2D eigenvalue weighted by molar-refractivity contribution is 0.0583. The molecule has 0 aromatic carbocycles. The van der Waals surface area contributed by atoms with Crippen molar-refractivity contribution in [2.75, 3.05) is 32.1 Å². The molecule has 5 nitrogen and oxygen atoms in total. The van der Waals surface area contributed by atoms with Crippen LogP contribution in [0.15, 0.2) is 12.3 Å². The van der Waals surface area contributed by atoms with Crippen molar-refractivity contribution in [3.8, 4) is 0 Å². The number of hydrogen-bond acceptors (Lipinski definition) is 4. The van der Waals surface area contributed by atoms with Gasteiger partial charge in [-0.25, -0.2) is 9.37 Å². The van der Waals surface area contributed by atoms with Gasteiger partial charge in [-0.05, 0) is 25.3 Å². The van der Waals surface area contributed by atoms with E-state index in [2.05, 4.69) is 10.3 Å². The van der Waals surface area contributed by atoms with E-state index < -0.39 is 5.82 Å². The molecule has 21 heavy (non-hydrogen) atoms. The molecule has 1 atom stereocenters. The number of amides is 1. The summed E-state index contributed by atoms with van der Waals surface area (Å²) in [5, 5.41) is 2.89. The third-order valence-electron chi connectivity index (χ3n) is 3.51. The highest BCUT2D eigenvalue weighted by Crippen LogP contribution is 2.18. The van der Waals surface area contributed by atoms with Gasteiger partial charge in [-0.1, -0.05) is 6.92 Å². The highest BCUT2D eigenvalue weighted by molar-refractivity contribution is 5.95. The number of halogens is 1. The first-order chi connectivity index (χ1) is 10.1. The van der Waals surface area contributed by atoms with E-state index in [0.29, 0.717) is 13.1 Å². The van der Waals surface area contributed by atoms with Crippen molar-refractivity contribution in [2.24, 2.45) is 0 Å². The molecule has 6 heteroatoms. The van der Waals surface area contributed by atoms with Crippen molar-refractivity contribution in [2.45, 2.75) is 32.3 Å². The zero-order chi connectivity index (χ0) is 15.2. The Labute approximate surface area is 124 Å². The standard InChI is InChI=1S/C15H22FN3O2/c1-3-7-17-14-13(16)12(6-8-18-14)15(20)19(2)10-11-5-4-9-21-11/h6,8,11H,3-5,7,9-10H2,1-2H3,(H,17,18). The van der Waals surface area contributed by atoms with Gasteiger partial charge in [0, 0.05) is 32.9 Å². The molecule has 0 aliphatic carbocycles. The third-order valence-corrected chi connectivity index (χ3v) is 3.51. The Morgan fingerprint density at radius 3 is 3.10 bits per heavy atom. The van der Waals surface area contributed by atoms with Gasteiger partial charge in [-0.3, -0.25) is 4.79 Å². The van der Waals surface area contributed by atoms with Crippen LogP contribution in [0.3, 0.4) is 0 Å². The maximum atomic E-state index is 14.3. The summed E-state index contributed by atoms with van der Waals surface area (Å²) in [6.07, 6.45) is 4.33. The Morgan fingerprint density at radius 2 is 2.43 bits per heavy atom. The second kappa shape index (κ2) is 7.36. The second-order valence-electron chi connectivity index (χ2n) is 5.27. The highest BCUT2D eigenvalue weighted by Gasteiger charge is 2.23. The summed E-state index contributed by atoms with van der Waals surface area (Å²) in [7, 11) is 1.67. The molecule has 1 aliphatic rings. The van der Waals surface area contributed by atoms with Crippen molar-refractivity contribution < 1.29 is 13.9 Å². The largest absolute Gasteiger partial charge is 0.376 e. The number of carbonyl (C=O) groups excluding carboxylic acids is 1. The molecule has 0 saturated carbocycles. The minimum Gasteiger partial charge on any atom is -0.376 e. The predicted molar refractivity (Wildman–Crippen MR) is 78.9 cm³/mol. The van der Waals surface area contributed by atoms with Crippen LogP contribution in [0, 0.1) is 5.82 Å². The topological polar surface area (TPSA) is 54.5 Å². The first-order valence-corrected chi connectivity index (χ1v) is 7.39. The smallest absolute Gasteiger partial charge is 0.256 e. The summed E-state index contributed by atoms with van der Waals surface area (Å²) in [5.74, 6) is -0.798. The lowest BCUT2D eigenvalue weighted by Crippen LogP contribution is -2.34. The summed E-state index contributed by atoms with van der Waals surface area (Å²) in [6.45, 7) is 3.82. The van der Waals surface area contributed by atoms with Crippen LogP contribution in [-0.2, 0) is 4.74 Å². The van der Waals surface area contributed by atoms with Crippen molar-refractivity contribution in [1.29, 1.82) is 0 Å². The van der Waals surface area contributed by atoms with E-state index in [9.17, 15) is 9.18 Å². The summed E-state index contributed by atoms with van der Waals surface area (Å²) in [4.78, 5) is 17.8. The van der Waals surface area contributed by atoms with Crippen LogP contribution < -0.4 is 5.32 Å². The van der Waals surface area contributed by atoms with E-state index in [0.717, 1.165) is 25.9 Å². The number of nitrogens with one attached hydrogen (secondary N) is 1. The molecule has 1 aliphatic heterocycles. The van der Waals surface area contributed by atoms with Crippen LogP contribution in [0.4, 0.5) is 10.2 Å². The van der Waals surface area contributed by atoms with E-state index in [1.807, 2.05) is 6.92 Å². The lowest BCUT2D eigenvalue weighted by atomic mass is 10.2.